The molecule has 0 saturated heterocycles. The highest BCUT2D eigenvalue weighted by Gasteiger charge is 2.06. The lowest BCUT2D eigenvalue weighted by molar-refractivity contribution is -0.112. The van der Waals surface area contributed by atoms with Crippen LogP contribution >= 0.6 is 0 Å². The maximum atomic E-state index is 11.4. The molecule has 1 rings (SSSR count). The lowest BCUT2D eigenvalue weighted by Gasteiger charge is -2.08. The van der Waals surface area contributed by atoms with Crippen molar-refractivity contribution < 1.29 is 14.3 Å². The van der Waals surface area contributed by atoms with Crippen molar-refractivity contribution in [3.8, 4) is 5.75 Å². The number of rotatable bonds is 4. The van der Waals surface area contributed by atoms with Gasteiger partial charge in [0.25, 0.3) is 5.91 Å². The Morgan fingerprint density at radius 2 is 2.11 bits per heavy atom. The van der Waals surface area contributed by atoms with Crippen LogP contribution in [0.1, 0.15) is 13.8 Å². The highest BCUT2D eigenvalue weighted by molar-refractivity contribution is 6.02. The third-order valence-corrected chi connectivity index (χ3v) is 2.01. The van der Waals surface area contributed by atoms with E-state index in [2.05, 4.69) is 17.2 Å². The van der Waals surface area contributed by atoms with E-state index in [9.17, 15) is 9.59 Å². The summed E-state index contributed by atoms with van der Waals surface area (Å²) < 4.78 is 5.01. The van der Waals surface area contributed by atoms with E-state index in [1.807, 2.05) is 0 Å². The van der Waals surface area contributed by atoms with Gasteiger partial charge >= 0.3 is 6.09 Å². The molecule has 1 aromatic carbocycles. The molecule has 0 bridgehead atoms. The van der Waals surface area contributed by atoms with E-state index in [1.165, 1.54) is 0 Å². The number of benzene rings is 1. The second-order valence-electron chi connectivity index (χ2n) is 3.68. The Kier molecular flexibility index (Phi) is 4.92. The monoisotopic (exact) mass is 248 g/mol. The van der Waals surface area contributed by atoms with Crippen molar-refractivity contribution in [2.24, 2.45) is 0 Å². The molecular formula is C13H16N2O3. The molecule has 0 aliphatic heterocycles. The molecule has 0 aromatic heterocycles. The maximum absolute atomic E-state index is 11.4. The maximum Gasteiger partial charge on any atom is 0.412 e. The average Bonchev–Trinajstić information content (AvgIpc) is 2.29. The Labute approximate surface area is 106 Å². The van der Waals surface area contributed by atoms with Crippen LogP contribution < -0.4 is 15.4 Å². The summed E-state index contributed by atoms with van der Waals surface area (Å²) >= 11 is 0. The zero-order valence-electron chi connectivity index (χ0n) is 10.4. The van der Waals surface area contributed by atoms with E-state index in [0.717, 1.165) is 0 Å². The van der Waals surface area contributed by atoms with Gasteiger partial charge in [0.1, 0.15) is 5.75 Å². The van der Waals surface area contributed by atoms with Crippen LogP contribution in [-0.2, 0) is 4.79 Å². The van der Waals surface area contributed by atoms with E-state index < -0.39 is 6.09 Å². The molecule has 18 heavy (non-hydrogen) atoms. The number of anilines is 1. The van der Waals surface area contributed by atoms with Crippen LogP contribution in [0.5, 0.6) is 5.75 Å². The van der Waals surface area contributed by atoms with Gasteiger partial charge in [0.2, 0.25) is 0 Å². The van der Waals surface area contributed by atoms with E-state index in [4.69, 9.17) is 4.74 Å². The van der Waals surface area contributed by atoms with Crippen LogP contribution in [0, 0.1) is 0 Å². The van der Waals surface area contributed by atoms with Gasteiger partial charge in [0.05, 0.1) is 0 Å². The van der Waals surface area contributed by atoms with E-state index >= 15 is 0 Å². The molecule has 96 valence electrons. The summed E-state index contributed by atoms with van der Waals surface area (Å²) in [4.78, 5) is 22.6. The average molecular weight is 248 g/mol. The molecule has 0 saturated carbocycles. The van der Waals surface area contributed by atoms with Crippen LogP contribution in [-0.4, -0.2) is 18.5 Å². The van der Waals surface area contributed by atoms with Crippen molar-refractivity contribution in [1.82, 2.24) is 5.32 Å². The zero-order valence-corrected chi connectivity index (χ0v) is 10.4. The molecule has 5 nitrogen and oxygen atoms in total. The van der Waals surface area contributed by atoms with Gasteiger partial charge in [-0.15, -0.1) is 0 Å². The normalized spacial score (nSPS) is 9.44. The zero-order chi connectivity index (χ0) is 13.5. The second-order valence-corrected chi connectivity index (χ2v) is 3.68. The largest absolute Gasteiger partial charge is 0.412 e. The van der Waals surface area contributed by atoms with Gasteiger partial charge in [0, 0.05) is 23.9 Å². The Balaban J connectivity index is 2.70. The first-order valence-electron chi connectivity index (χ1n) is 5.55. The van der Waals surface area contributed by atoms with Crippen molar-refractivity contribution in [2.45, 2.75) is 13.8 Å². The van der Waals surface area contributed by atoms with Crippen molar-refractivity contribution in [3.63, 3.8) is 0 Å². The van der Waals surface area contributed by atoms with Crippen molar-refractivity contribution >= 4 is 17.7 Å². The molecular weight excluding hydrogens is 232 g/mol. The number of hydrogen-bond donors (Lipinski definition) is 2. The van der Waals surface area contributed by atoms with Gasteiger partial charge < -0.3 is 15.4 Å². The smallest absolute Gasteiger partial charge is 0.410 e. The molecule has 1 aromatic rings. The molecule has 0 unspecified atom stereocenters. The molecule has 0 aliphatic carbocycles. The quantitative estimate of drug-likeness (QED) is 0.803. The van der Waals surface area contributed by atoms with Gasteiger partial charge in [-0.05, 0) is 26.0 Å². The SMILES string of the molecule is C=C(C)C(=O)Nc1cccc(OC(=O)NCC)c1. The van der Waals surface area contributed by atoms with Gasteiger partial charge in [-0.1, -0.05) is 12.6 Å². The summed E-state index contributed by atoms with van der Waals surface area (Å²) in [5.41, 5.74) is 0.954. The van der Waals surface area contributed by atoms with Crippen molar-refractivity contribution in [1.29, 1.82) is 0 Å². The fourth-order valence-electron chi connectivity index (χ4n) is 1.16. The van der Waals surface area contributed by atoms with E-state index in [0.29, 0.717) is 23.6 Å². The molecule has 0 aliphatic rings. The molecule has 5 heteroatoms. The second kappa shape index (κ2) is 6.44. The van der Waals surface area contributed by atoms with Gasteiger partial charge in [-0.3, -0.25) is 4.79 Å². The predicted octanol–water partition coefficient (Wildman–Crippen LogP) is 2.31. The van der Waals surface area contributed by atoms with Gasteiger partial charge in [-0.2, -0.15) is 0 Å². The molecule has 0 radical (unpaired) electrons. The van der Waals surface area contributed by atoms with Crippen LogP contribution in [0.4, 0.5) is 10.5 Å². The number of carbonyl (C=O) groups excluding carboxylic acids is 2. The minimum Gasteiger partial charge on any atom is -0.410 e. The van der Waals surface area contributed by atoms with Crippen molar-refractivity contribution in [2.75, 3.05) is 11.9 Å². The summed E-state index contributed by atoms with van der Waals surface area (Å²) in [7, 11) is 0. The molecule has 0 spiro atoms. The van der Waals surface area contributed by atoms with Crippen LogP contribution in [0.2, 0.25) is 0 Å². The topological polar surface area (TPSA) is 67.4 Å². The lowest BCUT2D eigenvalue weighted by atomic mass is 10.2. The Hall–Kier alpha value is -2.30. The summed E-state index contributed by atoms with van der Waals surface area (Å²) in [5, 5.41) is 5.15. The molecule has 0 heterocycles. The third-order valence-electron chi connectivity index (χ3n) is 2.01. The van der Waals surface area contributed by atoms with Crippen LogP contribution in [0.15, 0.2) is 36.4 Å². The first-order chi connectivity index (χ1) is 8.52. The van der Waals surface area contributed by atoms with E-state index in [-0.39, 0.29) is 5.91 Å². The summed E-state index contributed by atoms with van der Waals surface area (Å²) in [6, 6.07) is 6.58. The first kappa shape index (κ1) is 13.8. The summed E-state index contributed by atoms with van der Waals surface area (Å²) in [6.45, 7) is 7.44. The minimum atomic E-state index is -0.527. The number of hydrogen-bond acceptors (Lipinski definition) is 3. The summed E-state index contributed by atoms with van der Waals surface area (Å²) in [6.07, 6.45) is -0.527. The Morgan fingerprint density at radius 3 is 2.72 bits per heavy atom. The molecule has 2 N–H and O–H groups in total. The van der Waals surface area contributed by atoms with Crippen molar-refractivity contribution in [3.05, 3.63) is 36.4 Å². The van der Waals surface area contributed by atoms with Crippen LogP contribution in [0.3, 0.4) is 0 Å². The molecule has 0 fully saturated rings. The number of amides is 2. The highest BCUT2D eigenvalue weighted by atomic mass is 16.6. The van der Waals surface area contributed by atoms with Crippen LogP contribution in [0.25, 0.3) is 0 Å². The standard InChI is InChI=1S/C13H16N2O3/c1-4-14-13(17)18-11-7-5-6-10(8-11)15-12(16)9(2)3/h5-8H,2,4H2,1,3H3,(H,14,17)(H,15,16). The molecule has 0 atom stereocenters. The fraction of sp³-hybridized carbons (Fsp3) is 0.231. The minimum absolute atomic E-state index is 0.273. The Bertz CT molecular complexity index is 469. The summed E-state index contributed by atoms with van der Waals surface area (Å²) in [5.74, 6) is 0.0885. The third kappa shape index (κ3) is 4.29. The first-order valence-corrected chi connectivity index (χ1v) is 5.55. The number of nitrogens with one attached hydrogen (secondary N) is 2. The fourth-order valence-corrected chi connectivity index (χ4v) is 1.16. The van der Waals surface area contributed by atoms with Gasteiger partial charge in [-0.25, -0.2) is 4.79 Å². The number of carbonyl (C=O) groups is 2. The van der Waals surface area contributed by atoms with Gasteiger partial charge in [0.15, 0.2) is 0 Å². The number of ether oxygens (including phenoxy) is 1. The predicted molar refractivity (Wildman–Crippen MR) is 69.6 cm³/mol. The lowest BCUT2D eigenvalue weighted by Crippen LogP contribution is -2.26. The Morgan fingerprint density at radius 1 is 1.39 bits per heavy atom. The van der Waals surface area contributed by atoms with E-state index in [1.54, 1.807) is 38.1 Å². The molecule has 2 amide bonds. The highest BCUT2D eigenvalue weighted by Crippen LogP contribution is 2.17.